The number of carbonyl (C=O) groups is 1. The predicted octanol–water partition coefficient (Wildman–Crippen LogP) is 1.48. The second-order valence-electron chi connectivity index (χ2n) is 4.44. The molecule has 2 heterocycles. The van der Waals surface area contributed by atoms with E-state index in [0.717, 1.165) is 0 Å². The summed E-state index contributed by atoms with van der Waals surface area (Å²) in [6.07, 6.45) is 6.44. The van der Waals surface area contributed by atoms with Gasteiger partial charge in [-0.25, -0.2) is 4.52 Å². The quantitative estimate of drug-likeness (QED) is 0.842. The average Bonchev–Trinajstić information content (AvgIpc) is 2.72. The second kappa shape index (κ2) is 4.33. The Labute approximate surface area is 104 Å². The molecular weight excluding hydrogens is 240 g/mol. The molecule has 1 N–H and O–H groups in total. The van der Waals surface area contributed by atoms with Crippen molar-refractivity contribution in [2.45, 2.75) is 19.4 Å². The molecule has 6 heteroatoms. The fourth-order valence-corrected chi connectivity index (χ4v) is 1.48. The van der Waals surface area contributed by atoms with Gasteiger partial charge < -0.3 is 5.32 Å². The summed E-state index contributed by atoms with van der Waals surface area (Å²) in [5, 5.41) is 6.93. The number of rotatable bonds is 3. The van der Waals surface area contributed by atoms with E-state index < -0.39 is 5.54 Å². The fraction of sp³-hybridized carbons (Fsp3) is 0.364. The van der Waals surface area contributed by atoms with Crippen molar-refractivity contribution < 1.29 is 4.79 Å². The zero-order valence-electron chi connectivity index (χ0n) is 9.64. The van der Waals surface area contributed by atoms with Gasteiger partial charge in [0.1, 0.15) is 0 Å². The molecule has 0 atom stereocenters. The van der Waals surface area contributed by atoms with Crippen LogP contribution in [-0.4, -0.2) is 31.9 Å². The first-order valence-electron chi connectivity index (χ1n) is 5.19. The lowest BCUT2D eigenvalue weighted by molar-refractivity contribution is 0.0922. The maximum atomic E-state index is 12.0. The number of halogens is 1. The van der Waals surface area contributed by atoms with Gasteiger partial charge in [0.2, 0.25) is 0 Å². The summed E-state index contributed by atoms with van der Waals surface area (Å²) in [5.41, 5.74) is 0.724. The Morgan fingerprint density at radius 1 is 1.53 bits per heavy atom. The van der Waals surface area contributed by atoms with Gasteiger partial charge in [-0.1, -0.05) is 0 Å². The van der Waals surface area contributed by atoms with Crippen molar-refractivity contribution in [3.05, 3.63) is 30.4 Å². The number of fused-ring (bicyclic) bond motifs is 1. The number of amides is 1. The number of hydrogen-bond donors (Lipinski definition) is 1. The molecule has 0 fully saturated rings. The smallest absolute Gasteiger partial charge is 0.255 e. The summed E-state index contributed by atoms with van der Waals surface area (Å²) in [4.78, 5) is 16.0. The van der Waals surface area contributed by atoms with E-state index in [1.165, 1.54) is 6.20 Å². The average molecular weight is 253 g/mol. The molecule has 90 valence electrons. The maximum absolute atomic E-state index is 12.0. The van der Waals surface area contributed by atoms with Gasteiger partial charge in [0.15, 0.2) is 0 Å². The van der Waals surface area contributed by atoms with E-state index in [9.17, 15) is 4.79 Å². The highest BCUT2D eigenvalue weighted by atomic mass is 35.5. The second-order valence-corrected chi connectivity index (χ2v) is 4.70. The monoisotopic (exact) mass is 252 g/mol. The highest BCUT2D eigenvalue weighted by Crippen LogP contribution is 2.11. The van der Waals surface area contributed by atoms with Crippen LogP contribution in [0.5, 0.6) is 0 Å². The largest absolute Gasteiger partial charge is 0.346 e. The van der Waals surface area contributed by atoms with Crippen molar-refractivity contribution >= 4 is 23.0 Å². The summed E-state index contributed by atoms with van der Waals surface area (Å²) in [6, 6.07) is 0. The van der Waals surface area contributed by atoms with Crippen LogP contribution in [0.1, 0.15) is 24.2 Å². The first-order chi connectivity index (χ1) is 8.03. The first kappa shape index (κ1) is 11.9. The van der Waals surface area contributed by atoms with Gasteiger partial charge in [-0.15, -0.1) is 11.6 Å². The normalized spacial score (nSPS) is 11.7. The SMILES string of the molecule is CC(C)(CCl)NC(=O)c1cnn2ccncc12. The Hall–Kier alpha value is -1.62. The van der Waals surface area contributed by atoms with Crippen molar-refractivity contribution in [2.24, 2.45) is 0 Å². The molecule has 2 aromatic heterocycles. The summed E-state index contributed by atoms with van der Waals surface area (Å²) in [6.45, 7) is 3.73. The number of hydrogen-bond acceptors (Lipinski definition) is 3. The maximum Gasteiger partial charge on any atom is 0.255 e. The van der Waals surface area contributed by atoms with Crippen LogP contribution in [0.3, 0.4) is 0 Å². The highest BCUT2D eigenvalue weighted by molar-refractivity contribution is 6.18. The Bertz CT molecular complexity index is 549. The van der Waals surface area contributed by atoms with Crippen molar-refractivity contribution in [3.8, 4) is 0 Å². The first-order valence-corrected chi connectivity index (χ1v) is 5.73. The molecule has 0 aliphatic heterocycles. The molecule has 0 aliphatic rings. The van der Waals surface area contributed by atoms with Crippen molar-refractivity contribution in [1.82, 2.24) is 19.9 Å². The van der Waals surface area contributed by atoms with Gasteiger partial charge in [0, 0.05) is 23.8 Å². The predicted molar refractivity (Wildman–Crippen MR) is 65.3 cm³/mol. The topological polar surface area (TPSA) is 59.3 Å². The molecule has 0 aliphatic carbocycles. The third-order valence-electron chi connectivity index (χ3n) is 2.36. The van der Waals surface area contributed by atoms with Crippen LogP contribution in [0.4, 0.5) is 0 Å². The molecule has 17 heavy (non-hydrogen) atoms. The van der Waals surface area contributed by atoms with Crippen LogP contribution in [0.25, 0.3) is 5.52 Å². The molecule has 0 radical (unpaired) electrons. The lowest BCUT2D eigenvalue weighted by atomic mass is 10.1. The standard InChI is InChI=1S/C11H13ClN4O/c1-11(2,7-12)15-10(17)8-5-14-16-4-3-13-6-9(8)16/h3-6H,7H2,1-2H3,(H,15,17). The van der Waals surface area contributed by atoms with E-state index in [-0.39, 0.29) is 5.91 Å². The Morgan fingerprint density at radius 2 is 2.29 bits per heavy atom. The molecule has 2 rings (SSSR count). The summed E-state index contributed by atoms with van der Waals surface area (Å²) < 4.78 is 1.61. The van der Waals surface area contributed by atoms with Crippen LogP contribution in [0.2, 0.25) is 0 Å². The molecule has 5 nitrogen and oxygen atoms in total. The molecule has 1 amide bonds. The molecule has 2 aromatic rings. The van der Waals surface area contributed by atoms with Crippen LogP contribution in [0, 0.1) is 0 Å². The molecule has 0 aromatic carbocycles. The van der Waals surface area contributed by atoms with Gasteiger partial charge in [-0.3, -0.25) is 9.78 Å². The zero-order chi connectivity index (χ0) is 12.5. The van der Waals surface area contributed by atoms with Gasteiger partial charge >= 0.3 is 0 Å². The summed E-state index contributed by atoms with van der Waals surface area (Å²) in [7, 11) is 0. The van der Waals surface area contributed by atoms with Crippen LogP contribution >= 0.6 is 11.6 Å². The third kappa shape index (κ3) is 2.39. The Morgan fingerprint density at radius 3 is 3.00 bits per heavy atom. The van der Waals surface area contributed by atoms with Crippen molar-refractivity contribution in [3.63, 3.8) is 0 Å². The Balaban J connectivity index is 2.31. The minimum absolute atomic E-state index is 0.196. The number of aromatic nitrogens is 3. The Kier molecular flexibility index (Phi) is 3.02. The molecule has 0 bridgehead atoms. The number of alkyl halides is 1. The molecule has 0 unspecified atom stereocenters. The number of nitrogens with one attached hydrogen (secondary N) is 1. The summed E-state index contributed by atoms with van der Waals surface area (Å²) in [5.74, 6) is 0.148. The molecule has 0 saturated heterocycles. The minimum Gasteiger partial charge on any atom is -0.346 e. The van der Waals surface area contributed by atoms with Gasteiger partial charge in [0.25, 0.3) is 5.91 Å². The fourth-order valence-electron chi connectivity index (χ4n) is 1.42. The molecular formula is C11H13ClN4O. The van der Waals surface area contributed by atoms with E-state index in [4.69, 9.17) is 11.6 Å². The molecule has 0 spiro atoms. The number of carbonyl (C=O) groups excluding carboxylic acids is 1. The van der Waals surface area contributed by atoms with Gasteiger partial charge in [-0.05, 0) is 13.8 Å². The summed E-state index contributed by atoms with van der Waals surface area (Å²) >= 11 is 5.77. The van der Waals surface area contributed by atoms with E-state index in [1.807, 2.05) is 13.8 Å². The van der Waals surface area contributed by atoms with Crippen LogP contribution < -0.4 is 5.32 Å². The zero-order valence-corrected chi connectivity index (χ0v) is 10.4. The number of nitrogens with zero attached hydrogens (tertiary/aromatic N) is 3. The molecule has 0 saturated carbocycles. The van der Waals surface area contributed by atoms with Crippen LogP contribution in [0.15, 0.2) is 24.8 Å². The van der Waals surface area contributed by atoms with E-state index in [0.29, 0.717) is 17.0 Å². The van der Waals surface area contributed by atoms with E-state index in [1.54, 1.807) is 23.1 Å². The van der Waals surface area contributed by atoms with Crippen LogP contribution in [-0.2, 0) is 0 Å². The third-order valence-corrected chi connectivity index (χ3v) is 3.02. The van der Waals surface area contributed by atoms with Gasteiger partial charge in [0.05, 0.1) is 23.5 Å². The van der Waals surface area contributed by atoms with E-state index in [2.05, 4.69) is 15.4 Å². The lowest BCUT2D eigenvalue weighted by Gasteiger charge is -2.22. The van der Waals surface area contributed by atoms with Gasteiger partial charge in [-0.2, -0.15) is 5.10 Å². The van der Waals surface area contributed by atoms with Crippen molar-refractivity contribution in [1.29, 1.82) is 0 Å². The highest BCUT2D eigenvalue weighted by Gasteiger charge is 2.22. The van der Waals surface area contributed by atoms with Crippen molar-refractivity contribution in [2.75, 3.05) is 5.88 Å². The minimum atomic E-state index is -0.449. The lowest BCUT2D eigenvalue weighted by Crippen LogP contribution is -2.44. The van der Waals surface area contributed by atoms with E-state index >= 15 is 0 Å².